The maximum atomic E-state index is 5.89. The fourth-order valence-corrected chi connectivity index (χ4v) is 3.06. The van der Waals surface area contributed by atoms with Gasteiger partial charge in [-0.3, -0.25) is 0 Å². The smallest absolute Gasteiger partial charge is 0.109 e. The minimum Gasteiger partial charge on any atom is -0.497 e. The molecule has 2 nitrogen and oxygen atoms in total. The van der Waals surface area contributed by atoms with Crippen LogP contribution in [0, 0.1) is 5.92 Å². The summed E-state index contributed by atoms with van der Waals surface area (Å²) < 4.78 is 5.89. The van der Waals surface area contributed by atoms with Crippen LogP contribution in [0.4, 0.5) is 0 Å². The molecule has 0 aromatic rings. The van der Waals surface area contributed by atoms with Gasteiger partial charge in [-0.05, 0) is 50.6 Å². The van der Waals surface area contributed by atoms with Crippen molar-refractivity contribution in [2.75, 3.05) is 13.2 Å². The van der Waals surface area contributed by atoms with Gasteiger partial charge in [0.1, 0.15) is 5.76 Å². The summed E-state index contributed by atoms with van der Waals surface area (Å²) in [6.07, 6.45) is 12.9. The van der Waals surface area contributed by atoms with Gasteiger partial charge in [0.05, 0.1) is 12.6 Å². The van der Waals surface area contributed by atoms with E-state index in [4.69, 9.17) is 4.74 Å². The third-order valence-electron chi connectivity index (χ3n) is 4.00. The molecule has 17 heavy (non-hydrogen) atoms. The van der Waals surface area contributed by atoms with E-state index >= 15 is 0 Å². The van der Waals surface area contributed by atoms with Crippen LogP contribution in [-0.4, -0.2) is 19.2 Å². The molecular formula is C15H27NO. The van der Waals surface area contributed by atoms with Gasteiger partial charge in [-0.15, -0.1) is 0 Å². The van der Waals surface area contributed by atoms with Crippen LogP contribution in [0.15, 0.2) is 11.8 Å². The van der Waals surface area contributed by atoms with E-state index in [2.05, 4.69) is 18.3 Å². The number of allylic oxidation sites excluding steroid dienone is 1. The molecule has 1 fully saturated rings. The first-order valence-electron chi connectivity index (χ1n) is 7.48. The van der Waals surface area contributed by atoms with Gasteiger partial charge in [0.15, 0.2) is 0 Å². The van der Waals surface area contributed by atoms with Gasteiger partial charge >= 0.3 is 0 Å². The van der Waals surface area contributed by atoms with Crippen LogP contribution in [0.1, 0.15) is 58.3 Å². The van der Waals surface area contributed by atoms with Gasteiger partial charge in [-0.25, -0.2) is 0 Å². The van der Waals surface area contributed by atoms with E-state index in [1.807, 2.05) is 0 Å². The Bertz CT molecular complexity index is 243. The minimum absolute atomic E-state index is 0.496. The Balaban J connectivity index is 1.97. The third kappa shape index (κ3) is 3.74. The molecule has 1 aliphatic heterocycles. The molecule has 2 heteroatoms. The molecule has 1 atom stereocenters. The summed E-state index contributed by atoms with van der Waals surface area (Å²) in [5.74, 6) is 2.05. The molecule has 2 rings (SSSR count). The van der Waals surface area contributed by atoms with Crippen molar-refractivity contribution in [3.05, 3.63) is 11.8 Å². The second-order valence-corrected chi connectivity index (χ2v) is 5.43. The molecule has 0 aromatic carbocycles. The third-order valence-corrected chi connectivity index (χ3v) is 4.00. The molecule has 0 spiro atoms. The number of rotatable bonds is 5. The normalized spacial score (nSPS) is 23.9. The zero-order chi connectivity index (χ0) is 11.9. The van der Waals surface area contributed by atoms with E-state index in [9.17, 15) is 0 Å². The Morgan fingerprint density at radius 1 is 1.29 bits per heavy atom. The number of hydrogen-bond donors (Lipinski definition) is 1. The standard InChI is InChI=1S/C15H27NO/c1-2-11-16-15(13-8-4-3-5-9-13)14-10-6-7-12-17-14/h10,13,15-16H,2-9,11-12H2,1H3. The molecule has 1 saturated carbocycles. The Morgan fingerprint density at radius 3 is 2.76 bits per heavy atom. The molecule has 1 aliphatic carbocycles. The van der Waals surface area contributed by atoms with Crippen LogP contribution >= 0.6 is 0 Å². The highest BCUT2D eigenvalue weighted by atomic mass is 16.5. The SMILES string of the molecule is CCCNC(C1=CCCCO1)C1CCCCC1. The number of ether oxygens (including phenoxy) is 1. The Labute approximate surface area is 106 Å². The maximum Gasteiger partial charge on any atom is 0.109 e. The van der Waals surface area contributed by atoms with Crippen molar-refractivity contribution in [2.24, 2.45) is 5.92 Å². The largest absolute Gasteiger partial charge is 0.497 e. The minimum atomic E-state index is 0.496. The first kappa shape index (κ1) is 12.9. The molecule has 0 radical (unpaired) electrons. The van der Waals surface area contributed by atoms with Gasteiger partial charge < -0.3 is 10.1 Å². The van der Waals surface area contributed by atoms with Crippen molar-refractivity contribution in [1.82, 2.24) is 5.32 Å². The van der Waals surface area contributed by atoms with Gasteiger partial charge in [0.25, 0.3) is 0 Å². The molecule has 98 valence electrons. The average Bonchev–Trinajstić information content (AvgIpc) is 2.42. The van der Waals surface area contributed by atoms with Gasteiger partial charge in [-0.2, -0.15) is 0 Å². The molecule has 1 heterocycles. The van der Waals surface area contributed by atoms with E-state index < -0.39 is 0 Å². The summed E-state index contributed by atoms with van der Waals surface area (Å²) in [5, 5.41) is 3.72. The lowest BCUT2D eigenvalue weighted by Gasteiger charge is -2.33. The molecule has 0 aromatic heterocycles. The molecule has 0 amide bonds. The van der Waals surface area contributed by atoms with E-state index in [0.29, 0.717) is 6.04 Å². The predicted molar refractivity (Wildman–Crippen MR) is 71.9 cm³/mol. The molecule has 1 N–H and O–H groups in total. The monoisotopic (exact) mass is 237 g/mol. The first-order valence-corrected chi connectivity index (χ1v) is 7.48. The van der Waals surface area contributed by atoms with Crippen molar-refractivity contribution in [2.45, 2.75) is 64.3 Å². The first-order chi connectivity index (χ1) is 8.42. The Kier molecular flexibility index (Phi) is 5.37. The highest BCUT2D eigenvalue weighted by molar-refractivity contribution is 5.08. The lowest BCUT2D eigenvalue weighted by atomic mass is 9.82. The lowest BCUT2D eigenvalue weighted by molar-refractivity contribution is 0.139. The van der Waals surface area contributed by atoms with E-state index in [1.54, 1.807) is 0 Å². The zero-order valence-corrected chi connectivity index (χ0v) is 11.2. The second-order valence-electron chi connectivity index (χ2n) is 5.43. The molecule has 1 unspecified atom stereocenters. The van der Waals surface area contributed by atoms with Gasteiger partial charge in [0, 0.05) is 0 Å². The molecule has 0 bridgehead atoms. The van der Waals surface area contributed by atoms with Crippen LogP contribution in [-0.2, 0) is 4.74 Å². The van der Waals surface area contributed by atoms with Crippen molar-refractivity contribution in [3.8, 4) is 0 Å². The van der Waals surface area contributed by atoms with Gasteiger partial charge in [0.2, 0.25) is 0 Å². The summed E-state index contributed by atoms with van der Waals surface area (Å²) in [6.45, 7) is 4.27. The number of nitrogens with one attached hydrogen (secondary N) is 1. The van der Waals surface area contributed by atoms with E-state index in [1.165, 1.54) is 57.1 Å². The van der Waals surface area contributed by atoms with Crippen LogP contribution in [0.3, 0.4) is 0 Å². The Hall–Kier alpha value is -0.500. The summed E-state index contributed by atoms with van der Waals surface area (Å²) in [5.41, 5.74) is 0. The van der Waals surface area contributed by atoms with E-state index in [-0.39, 0.29) is 0 Å². The molecule has 2 aliphatic rings. The van der Waals surface area contributed by atoms with Gasteiger partial charge in [-0.1, -0.05) is 26.2 Å². The van der Waals surface area contributed by atoms with Crippen molar-refractivity contribution in [3.63, 3.8) is 0 Å². The Morgan fingerprint density at radius 2 is 2.12 bits per heavy atom. The number of hydrogen-bond acceptors (Lipinski definition) is 2. The lowest BCUT2D eigenvalue weighted by Crippen LogP contribution is -2.40. The molecular weight excluding hydrogens is 210 g/mol. The summed E-state index contributed by atoms with van der Waals surface area (Å²) >= 11 is 0. The van der Waals surface area contributed by atoms with Crippen LogP contribution in [0.25, 0.3) is 0 Å². The van der Waals surface area contributed by atoms with Crippen LogP contribution in [0.5, 0.6) is 0 Å². The second kappa shape index (κ2) is 7.05. The highest BCUT2D eigenvalue weighted by Gasteiger charge is 2.27. The fourth-order valence-electron chi connectivity index (χ4n) is 3.06. The van der Waals surface area contributed by atoms with E-state index in [0.717, 1.165) is 19.1 Å². The highest BCUT2D eigenvalue weighted by Crippen LogP contribution is 2.31. The maximum absolute atomic E-state index is 5.89. The van der Waals surface area contributed by atoms with Crippen LogP contribution in [0.2, 0.25) is 0 Å². The summed E-state index contributed by atoms with van der Waals surface area (Å²) in [4.78, 5) is 0. The summed E-state index contributed by atoms with van der Waals surface area (Å²) in [7, 11) is 0. The zero-order valence-electron chi connectivity index (χ0n) is 11.2. The quantitative estimate of drug-likeness (QED) is 0.788. The molecule has 0 saturated heterocycles. The van der Waals surface area contributed by atoms with Crippen molar-refractivity contribution < 1.29 is 4.74 Å². The predicted octanol–water partition coefficient (Wildman–Crippen LogP) is 3.63. The fraction of sp³-hybridized carbons (Fsp3) is 0.867. The topological polar surface area (TPSA) is 21.3 Å². The summed E-state index contributed by atoms with van der Waals surface area (Å²) in [6, 6.07) is 0.496. The van der Waals surface area contributed by atoms with Crippen molar-refractivity contribution >= 4 is 0 Å². The van der Waals surface area contributed by atoms with Crippen LogP contribution < -0.4 is 5.32 Å². The average molecular weight is 237 g/mol. The van der Waals surface area contributed by atoms with Crippen molar-refractivity contribution in [1.29, 1.82) is 0 Å².